The van der Waals surface area contributed by atoms with Crippen LogP contribution in [-0.2, 0) is 4.74 Å². The van der Waals surface area contributed by atoms with Gasteiger partial charge < -0.3 is 14.6 Å². The molecule has 0 saturated carbocycles. The summed E-state index contributed by atoms with van der Waals surface area (Å²) in [5.74, 6) is 0. The van der Waals surface area contributed by atoms with E-state index in [9.17, 15) is 5.21 Å². The summed E-state index contributed by atoms with van der Waals surface area (Å²) in [7, 11) is 3.41. The van der Waals surface area contributed by atoms with E-state index in [1.807, 2.05) is 0 Å². The second kappa shape index (κ2) is 2.86. The van der Waals surface area contributed by atoms with Crippen molar-refractivity contribution in [3.8, 4) is 0 Å². The Bertz CT molecular complexity index is 103. The fraction of sp³-hybridized carbons (Fsp3) is 1.00. The predicted octanol–water partition coefficient (Wildman–Crippen LogP) is 0.740. The van der Waals surface area contributed by atoms with Gasteiger partial charge in [0.2, 0.25) is 0 Å². The molecule has 0 aromatic heterocycles. The molecule has 60 valence electrons. The number of nitrogens with zero attached hydrogens (tertiary/aromatic N) is 1. The van der Waals surface area contributed by atoms with E-state index >= 15 is 0 Å². The zero-order valence-corrected chi connectivity index (χ0v) is 6.67. The first-order chi connectivity index (χ1) is 4.61. The van der Waals surface area contributed by atoms with E-state index in [0.29, 0.717) is 0 Å². The van der Waals surface area contributed by atoms with Crippen molar-refractivity contribution in [1.29, 1.82) is 0 Å². The summed E-state index contributed by atoms with van der Waals surface area (Å²) in [6.07, 6.45) is 1.83. The van der Waals surface area contributed by atoms with Gasteiger partial charge in [-0.3, -0.25) is 0 Å². The molecule has 0 bridgehead atoms. The summed E-state index contributed by atoms with van der Waals surface area (Å²) in [5.41, 5.74) is 0. The number of rotatable bonds is 1. The Hall–Kier alpha value is -0.120. The summed E-state index contributed by atoms with van der Waals surface area (Å²) in [4.78, 5) is 0. The fourth-order valence-corrected chi connectivity index (χ4v) is 1.31. The number of hydrogen-bond donors (Lipinski definition) is 0. The molecule has 0 N–H and O–H groups in total. The summed E-state index contributed by atoms with van der Waals surface area (Å²) < 4.78 is 4.98. The van der Waals surface area contributed by atoms with Crippen LogP contribution in [0.2, 0.25) is 0 Å². The molecule has 1 aliphatic rings. The topological polar surface area (TPSA) is 32.3 Å². The second-order valence-electron chi connectivity index (χ2n) is 3.28. The predicted molar refractivity (Wildman–Crippen MR) is 39.3 cm³/mol. The van der Waals surface area contributed by atoms with E-state index in [-0.39, 0.29) is 10.7 Å². The van der Waals surface area contributed by atoms with Gasteiger partial charge in [-0.25, -0.2) is 0 Å². The Morgan fingerprint density at radius 2 is 1.80 bits per heavy atom. The normalized spacial score (nSPS) is 23.1. The SMILES string of the molecule is C[N+](C)([O-])C1CCOCC1. The maximum absolute atomic E-state index is 11.3. The van der Waals surface area contributed by atoms with Gasteiger partial charge in [0.05, 0.1) is 33.4 Å². The van der Waals surface area contributed by atoms with E-state index in [0.717, 1.165) is 26.1 Å². The standard InChI is InChI=1S/C7H15NO2/c1-8(2,9)7-3-5-10-6-4-7/h7H,3-6H2,1-2H3. The van der Waals surface area contributed by atoms with Crippen LogP contribution in [0.25, 0.3) is 0 Å². The Labute approximate surface area is 61.8 Å². The van der Waals surface area contributed by atoms with Crippen LogP contribution in [0.4, 0.5) is 0 Å². The van der Waals surface area contributed by atoms with Crippen LogP contribution in [0.5, 0.6) is 0 Å². The van der Waals surface area contributed by atoms with Crippen molar-refractivity contribution < 1.29 is 9.38 Å². The molecule has 1 heterocycles. The molecule has 0 spiro atoms. The molecule has 1 fully saturated rings. The van der Waals surface area contributed by atoms with Crippen LogP contribution >= 0.6 is 0 Å². The van der Waals surface area contributed by atoms with Gasteiger partial charge in [0.1, 0.15) is 0 Å². The van der Waals surface area contributed by atoms with Gasteiger partial charge in [-0.1, -0.05) is 0 Å². The highest BCUT2D eigenvalue weighted by molar-refractivity contribution is 4.62. The lowest BCUT2D eigenvalue weighted by atomic mass is 10.1. The van der Waals surface area contributed by atoms with Crippen molar-refractivity contribution in [2.24, 2.45) is 0 Å². The van der Waals surface area contributed by atoms with Crippen molar-refractivity contribution in [1.82, 2.24) is 0 Å². The molecule has 10 heavy (non-hydrogen) atoms. The quantitative estimate of drug-likeness (QED) is 0.402. The minimum Gasteiger partial charge on any atom is -0.633 e. The fourth-order valence-electron chi connectivity index (χ4n) is 1.31. The monoisotopic (exact) mass is 145 g/mol. The van der Waals surface area contributed by atoms with E-state index < -0.39 is 0 Å². The molecule has 1 aliphatic heterocycles. The lowest BCUT2D eigenvalue weighted by Crippen LogP contribution is -2.46. The van der Waals surface area contributed by atoms with Crippen molar-refractivity contribution in [2.75, 3.05) is 27.3 Å². The van der Waals surface area contributed by atoms with Gasteiger partial charge in [0.15, 0.2) is 0 Å². The largest absolute Gasteiger partial charge is 0.633 e. The van der Waals surface area contributed by atoms with Crippen LogP contribution in [0.3, 0.4) is 0 Å². The van der Waals surface area contributed by atoms with Gasteiger partial charge in [-0.05, 0) is 0 Å². The molecular formula is C7H15NO2. The van der Waals surface area contributed by atoms with Gasteiger partial charge in [0.25, 0.3) is 0 Å². The smallest absolute Gasteiger partial charge is 0.0927 e. The summed E-state index contributed by atoms with van der Waals surface area (Å²) >= 11 is 0. The minimum atomic E-state index is -0.163. The first-order valence-electron chi connectivity index (χ1n) is 3.73. The average Bonchev–Trinajstić information content (AvgIpc) is 1.88. The second-order valence-corrected chi connectivity index (χ2v) is 3.28. The first-order valence-corrected chi connectivity index (χ1v) is 3.73. The van der Waals surface area contributed by atoms with Gasteiger partial charge in [-0.2, -0.15) is 0 Å². The van der Waals surface area contributed by atoms with Crippen LogP contribution in [0.1, 0.15) is 12.8 Å². The summed E-state index contributed by atoms with van der Waals surface area (Å²) in [6.45, 7) is 1.52. The Morgan fingerprint density at radius 3 is 2.10 bits per heavy atom. The molecule has 3 heteroatoms. The van der Waals surface area contributed by atoms with E-state index in [1.165, 1.54) is 0 Å². The number of hydrogen-bond acceptors (Lipinski definition) is 2. The molecule has 0 radical (unpaired) electrons. The van der Waals surface area contributed by atoms with Gasteiger partial charge in [-0.15, -0.1) is 0 Å². The maximum atomic E-state index is 11.3. The van der Waals surface area contributed by atoms with Crippen LogP contribution < -0.4 is 0 Å². The third-order valence-electron chi connectivity index (χ3n) is 2.07. The molecule has 0 aromatic carbocycles. The van der Waals surface area contributed by atoms with E-state index in [2.05, 4.69) is 0 Å². The van der Waals surface area contributed by atoms with Crippen molar-refractivity contribution in [3.63, 3.8) is 0 Å². The lowest BCUT2D eigenvalue weighted by molar-refractivity contribution is -0.868. The Kier molecular flexibility index (Phi) is 2.28. The van der Waals surface area contributed by atoms with E-state index in [1.54, 1.807) is 14.1 Å². The van der Waals surface area contributed by atoms with Crippen molar-refractivity contribution in [2.45, 2.75) is 18.9 Å². The Morgan fingerprint density at radius 1 is 1.30 bits per heavy atom. The highest BCUT2D eigenvalue weighted by Gasteiger charge is 2.22. The van der Waals surface area contributed by atoms with Crippen LogP contribution in [0, 0.1) is 5.21 Å². The van der Waals surface area contributed by atoms with Crippen LogP contribution in [0.15, 0.2) is 0 Å². The lowest BCUT2D eigenvalue weighted by Gasteiger charge is -2.43. The zero-order chi connectivity index (χ0) is 7.61. The molecule has 0 unspecified atom stereocenters. The third-order valence-corrected chi connectivity index (χ3v) is 2.07. The molecule has 1 saturated heterocycles. The molecule has 3 nitrogen and oxygen atoms in total. The summed E-state index contributed by atoms with van der Waals surface area (Å²) in [5, 5.41) is 11.3. The van der Waals surface area contributed by atoms with Crippen LogP contribution in [-0.4, -0.2) is 38.0 Å². The van der Waals surface area contributed by atoms with Gasteiger partial charge >= 0.3 is 0 Å². The maximum Gasteiger partial charge on any atom is 0.0927 e. The molecule has 0 aromatic rings. The molecule has 0 aliphatic carbocycles. The Balaban J connectivity index is 2.39. The average molecular weight is 145 g/mol. The zero-order valence-electron chi connectivity index (χ0n) is 6.67. The molecule has 0 atom stereocenters. The molecule has 1 rings (SSSR count). The van der Waals surface area contributed by atoms with E-state index in [4.69, 9.17) is 4.74 Å². The number of ether oxygens (including phenoxy) is 1. The van der Waals surface area contributed by atoms with Gasteiger partial charge in [0, 0.05) is 12.8 Å². The molecular weight excluding hydrogens is 130 g/mol. The van der Waals surface area contributed by atoms with Crippen molar-refractivity contribution in [3.05, 3.63) is 5.21 Å². The van der Waals surface area contributed by atoms with Crippen molar-refractivity contribution >= 4 is 0 Å². The number of hydroxylamine groups is 3. The highest BCUT2D eigenvalue weighted by atomic mass is 16.5. The first kappa shape index (κ1) is 7.98. The molecule has 0 amide bonds. The highest BCUT2D eigenvalue weighted by Crippen LogP contribution is 2.16. The number of quaternary nitrogens is 1. The minimum absolute atomic E-state index is 0.163. The third kappa shape index (κ3) is 1.94. The summed E-state index contributed by atoms with van der Waals surface area (Å²) in [6, 6.07) is 0.258.